The maximum absolute atomic E-state index is 12.5. The van der Waals surface area contributed by atoms with Crippen LogP contribution in [0.25, 0.3) is 0 Å². The van der Waals surface area contributed by atoms with Gasteiger partial charge >= 0.3 is 30.1 Å². The summed E-state index contributed by atoms with van der Waals surface area (Å²) in [6.07, 6.45) is -0.880. The van der Waals surface area contributed by atoms with Crippen LogP contribution >= 0.6 is 55.1 Å². The van der Waals surface area contributed by atoms with Crippen molar-refractivity contribution in [2.45, 2.75) is 77.7 Å². The van der Waals surface area contributed by atoms with Crippen LogP contribution in [0.2, 0.25) is 10.0 Å². The fourth-order valence-electron chi connectivity index (χ4n) is 4.95. The highest BCUT2D eigenvalue weighted by molar-refractivity contribution is 9.10. The van der Waals surface area contributed by atoms with Gasteiger partial charge in [0.25, 0.3) is 5.91 Å². The fourth-order valence-corrected chi connectivity index (χ4v) is 6.08. The van der Waals surface area contributed by atoms with Crippen molar-refractivity contribution in [3.05, 3.63) is 126 Å². The number of rotatable bonds is 11. The van der Waals surface area contributed by atoms with Gasteiger partial charge in [-0.15, -0.1) is 0 Å². The number of anilines is 2. The number of nitrogens with one attached hydrogen (secondary N) is 3. The number of carboxylic acid groups (broad SMARTS) is 1. The Labute approximate surface area is 392 Å². The molecule has 0 aliphatic heterocycles. The van der Waals surface area contributed by atoms with Gasteiger partial charge < -0.3 is 45.7 Å². The van der Waals surface area contributed by atoms with Crippen molar-refractivity contribution < 1.29 is 52.8 Å². The Morgan fingerprint density at radius 2 is 1.02 bits per heavy atom. The third kappa shape index (κ3) is 20.6. The highest BCUT2D eigenvalue weighted by Crippen LogP contribution is 2.23. The summed E-state index contributed by atoms with van der Waals surface area (Å²) in [6, 6.07) is 21.9. The lowest BCUT2D eigenvalue weighted by Crippen LogP contribution is -2.45. The Hall–Kier alpha value is -5.36. The number of methoxy groups -OCH3 is 2. The topological polar surface area (TPSA) is 222 Å². The number of aromatic carboxylic acids is 1. The van der Waals surface area contributed by atoms with Crippen LogP contribution in [0.1, 0.15) is 73.4 Å². The number of esters is 2. The second-order valence-electron chi connectivity index (χ2n) is 15.3. The van der Waals surface area contributed by atoms with Crippen molar-refractivity contribution in [1.29, 1.82) is 0 Å². The first kappa shape index (κ1) is 53.8. The van der Waals surface area contributed by atoms with Crippen LogP contribution in [0.5, 0.6) is 0 Å². The molecule has 0 aliphatic carbocycles. The molecular formula is C44H50Br2Cl2N4O11. The average Bonchev–Trinajstić information content (AvgIpc) is 3.19. The van der Waals surface area contributed by atoms with Gasteiger partial charge in [-0.25, -0.2) is 24.0 Å². The molecule has 3 amide bonds. The summed E-state index contributed by atoms with van der Waals surface area (Å²) in [4.78, 5) is 70.6. The van der Waals surface area contributed by atoms with Crippen molar-refractivity contribution in [2.24, 2.45) is 0 Å². The van der Waals surface area contributed by atoms with Gasteiger partial charge in [0.2, 0.25) is 0 Å². The SMILES string of the molecule is COC(=O)C(Cc1ccc(N)cc1)NC(=O)OC(C)(C)C.COC(=O)C(Cc1ccc(NC(=O)c2cc(Br)ccc2Cl)cc1)NC(=O)OC(C)(C)C.O=C(O)c1cc(Br)ccc1Cl. The lowest BCUT2D eigenvalue weighted by molar-refractivity contribution is -0.143. The normalized spacial score (nSPS) is 11.7. The monoisotopic (exact) mass is 1040 g/mol. The van der Waals surface area contributed by atoms with E-state index in [4.69, 9.17) is 53.0 Å². The molecule has 2 unspecified atom stereocenters. The number of nitrogen functional groups attached to an aromatic ring is 1. The molecule has 2 atom stereocenters. The molecule has 0 radical (unpaired) electrons. The number of ether oxygens (including phenoxy) is 4. The standard InChI is InChI=1S/C22H24BrClN2O5.C15H22N2O4.C7H4BrClO2/c1-22(2,3)31-21(29)26-18(20(28)30-4)11-13-5-8-15(9-6-13)25-19(27)16-12-14(23)7-10-17(16)24;1-15(2,3)21-14(19)17-12(13(18)20-4)9-10-5-7-11(16)8-6-10;8-4-1-2-6(9)5(3-4)7(10)11/h5-10,12,18H,11H2,1-4H3,(H,25,27)(H,26,29);5-8,12H,9,16H2,1-4H3,(H,17,19);1-3H,(H,10,11). The van der Waals surface area contributed by atoms with Gasteiger partial charge in [0.1, 0.15) is 23.3 Å². The number of amides is 3. The highest BCUT2D eigenvalue weighted by Gasteiger charge is 2.27. The maximum Gasteiger partial charge on any atom is 0.408 e. The second-order valence-corrected chi connectivity index (χ2v) is 17.9. The molecule has 0 fully saturated rings. The van der Waals surface area contributed by atoms with Crippen LogP contribution in [0.15, 0.2) is 93.9 Å². The van der Waals surface area contributed by atoms with Gasteiger partial charge in [0.05, 0.1) is 35.4 Å². The summed E-state index contributed by atoms with van der Waals surface area (Å²) in [5.74, 6) is -2.49. The lowest BCUT2D eigenvalue weighted by Gasteiger charge is -2.22. The van der Waals surface area contributed by atoms with Gasteiger partial charge in [-0.3, -0.25) is 4.79 Å². The van der Waals surface area contributed by atoms with Crippen LogP contribution in [0.4, 0.5) is 21.0 Å². The molecule has 6 N–H and O–H groups in total. The third-order valence-corrected chi connectivity index (χ3v) is 9.40. The van der Waals surface area contributed by atoms with E-state index in [0.29, 0.717) is 32.9 Å². The van der Waals surface area contributed by atoms with E-state index in [1.165, 1.54) is 26.4 Å². The summed E-state index contributed by atoms with van der Waals surface area (Å²) in [5.41, 5.74) is 7.54. The summed E-state index contributed by atoms with van der Waals surface area (Å²) in [6.45, 7) is 10.4. The molecule has 0 saturated heterocycles. The van der Waals surface area contributed by atoms with Crippen molar-refractivity contribution in [3.8, 4) is 0 Å². The molecule has 0 spiro atoms. The number of alkyl carbamates (subject to hydrolysis) is 2. The average molecular weight is 1040 g/mol. The van der Waals surface area contributed by atoms with Crippen LogP contribution in [0.3, 0.4) is 0 Å². The zero-order valence-electron chi connectivity index (χ0n) is 35.8. The molecule has 0 bridgehead atoms. The van der Waals surface area contributed by atoms with Crippen LogP contribution in [-0.2, 0) is 41.4 Å². The zero-order valence-corrected chi connectivity index (χ0v) is 40.5. The molecule has 4 rings (SSSR count). The largest absolute Gasteiger partial charge is 0.478 e. The number of carboxylic acids is 1. The van der Waals surface area contributed by atoms with Crippen molar-refractivity contribution in [1.82, 2.24) is 10.6 Å². The number of hydrogen-bond acceptors (Lipinski definition) is 11. The summed E-state index contributed by atoms with van der Waals surface area (Å²) >= 11 is 18.1. The molecule has 15 nitrogen and oxygen atoms in total. The minimum atomic E-state index is -1.02. The van der Waals surface area contributed by atoms with Crippen molar-refractivity contribution in [3.63, 3.8) is 0 Å². The van der Waals surface area contributed by atoms with Crippen LogP contribution in [-0.4, -0.2) is 78.6 Å². The van der Waals surface area contributed by atoms with Gasteiger partial charge in [0.15, 0.2) is 0 Å². The van der Waals surface area contributed by atoms with E-state index >= 15 is 0 Å². The first-order valence-electron chi connectivity index (χ1n) is 18.8. The molecule has 0 aliphatic rings. The van der Waals surface area contributed by atoms with E-state index in [-0.39, 0.29) is 22.9 Å². The third-order valence-electron chi connectivity index (χ3n) is 7.76. The van der Waals surface area contributed by atoms with Gasteiger partial charge in [0, 0.05) is 33.2 Å². The Kier molecular flexibility index (Phi) is 21.4. The number of nitrogens with two attached hydrogens (primary N) is 1. The smallest absolute Gasteiger partial charge is 0.408 e. The second kappa shape index (κ2) is 25.1. The summed E-state index contributed by atoms with van der Waals surface area (Å²) in [7, 11) is 2.52. The quantitative estimate of drug-likeness (QED) is 0.0538. The Morgan fingerprint density at radius 1 is 0.635 bits per heavy atom. The van der Waals surface area contributed by atoms with E-state index in [2.05, 4.69) is 47.8 Å². The predicted molar refractivity (Wildman–Crippen MR) is 248 cm³/mol. The molecule has 19 heteroatoms. The number of carbonyl (C=O) groups is 6. The van der Waals surface area contributed by atoms with Crippen molar-refractivity contribution in [2.75, 3.05) is 25.3 Å². The van der Waals surface area contributed by atoms with Crippen LogP contribution < -0.4 is 21.7 Å². The Balaban J connectivity index is 0.000000365. The van der Waals surface area contributed by atoms with Gasteiger partial charge in [-0.05, 0) is 113 Å². The number of hydrogen-bond donors (Lipinski definition) is 5. The van der Waals surface area contributed by atoms with E-state index in [9.17, 15) is 28.8 Å². The molecule has 0 aromatic heterocycles. The zero-order chi connectivity index (χ0) is 47.7. The molecule has 63 heavy (non-hydrogen) atoms. The van der Waals surface area contributed by atoms with E-state index in [0.717, 1.165) is 15.6 Å². The molecule has 340 valence electrons. The van der Waals surface area contributed by atoms with E-state index < -0.39 is 53.4 Å². The summed E-state index contributed by atoms with van der Waals surface area (Å²) in [5, 5.41) is 17.0. The van der Waals surface area contributed by atoms with Gasteiger partial charge in [-0.1, -0.05) is 79.3 Å². The Morgan fingerprint density at radius 3 is 1.38 bits per heavy atom. The Bertz CT molecular complexity index is 2210. The predicted octanol–water partition coefficient (Wildman–Crippen LogP) is 9.64. The van der Waals surface area contributed by atoms with Crippen molar-refractivity contribution >= 4 is 102 Å². The molecule has 0 saturated carbocycles. The molecular weight excluding hydrogens is 991 g/mol. The lowest BCUT2D eigenvalue weighted by atomic mass is 10.1. The van der Waals surface area contributed by atoms with Gasteiger partial charge in [-0.2, -0.15) is 0 Å². The molecule has 4 aromatic rings. The number of carbonyl (C=O) groups excluding carboxylic acids is 5. The minimum absolute atomic E-state index is 0.112. The molecule has 4 aromatic carbocycles. The van der Waals surface area contributed by atoms with E-state index in [1.807, 2.05) is 0 Å². The molecule has 0 heterocycles. The first-order chi connectivity index (χ1) is 29.3. The van der Waals surface area contributed by atoms with E-state index in [1.54, 1.807) is 114 Å². The minimum Gasteiger partial charge on any atom is -0.478 e. The fraction of sp³-hybridized carbons (Fsp3) is 0.318. The number of benzene rings is 4. The highest BCUT2D eigenvalue weighted by atomic mass is 79.9. The van der Waals surface area contributed by atoms with Crippen LogP contribution in [0, 0.1) is 0 Å². The first-order valence-corrected chi connectivity index (χ1v) is 21.2. The maximum atomic E-state index is 12.5. The number of halogens is 4. The summed E-state index contributed by atoms with van der Waals surface area (Å²) < 4.78 is 21.3.